The van der Waals surface area contributed by atoms with Crippen molar-refractivity contribution in [3.63, 3.8) is 0 Å². The van der Waals surface area contributed by atoms with Crippen molar-refractivity contribution >= 4 is 17.7 Å². The number of hydrogen-bond acceptors (Lipinski definition) is 6. The maximum atomic E-state index is 11.6. The molecular formula is C13H13N3O3S. The van der Waals surface area contributed by atoms with Gasteiger partial charge < -0.3 is 4.74 Å². The van der Waals surface area contributed by atoms with Crippen LogP contribution in [0.25, 0.3) is 0 Å². The molecule has 1 aromatic carbocycles. The normalized spacial score (nSPS) is 10.2. The molecule has 1 heterocycles. The maximum absolute atomic E-state index is 11.6. The van der Waals surface area contributed by atoms with Gasteiger partial charge in [-0.1, -0.05) is 42.1 Å². The summed E-state index contributed by atoms with van der Waals surface area (Å²) in [6.07, 6.45) is 0. The molecule has 7 heteroatoms. The summed E-state index contributed by atoms with van der Waals surface area (Å²) in [7, 11) is 0. The number of carbonyl (C=O) groups is 1. The van der Waals surface area contributed by atoms with Crippen molar-refractivity contribution in [1.82, 2.24) is 15.2 Å². The van der Waals surface area contributed by atoms with E-state index in [1.54, 1.807) is 6.92 Å². The van der Waals surface area contributed by atoms with Crippen molar-refractivity contribution in [2.75, 3.05) is 5.75 Å². The van der Waals surface area contributed by atoms with Gasteiger partial charge in [0.2, 0.25) is 0 Å². The Morgan fingerprint density at radius 1 is 1.30 bits per heavy atom. The zero-order valence-electron chi connectivity index (χ0n) is 10.8. The molecule has 0 aliphatic rings. The lowest BCUT2D eigenvalue weighted by Gasteiger charge is -2.04. The molecule has 2 aromatic rings. The molecule has 0 radical (unpaired) electrons. The Labute approximate surface area is 119 Å². The van der Waals surface area contributed by atoms with E-state index in [4.69, 9.17) is 4.74 Å². The van der Waals surface area contributed by atoms with Crippen molar-refractivity contribution in [3.8, 4) is 0 Å². The molecule has 20 heavy (non-hydrogen) atoms. The fourth-order valence-corrected chi connectivity index (χ4v) is 1.95. The minimum atomic E-state index is -0.373. The second-order valence-electron chi connectivity index (χ2n) is 3.98. The molecule has 1 aromatic heterocycles. The number of benzene rings is 1. The third kappa shape index (κ3) is 4.20. The molecule has 0 saturated heterocycles. The van der Waals surface area contributed by atoms with Gasteiger partial charge in [0.15, 0.2) is 5.16 Å². The molecule has 0 saturated carbocycles. The first-order chi connectivity index (χ1) is 9.65. The predicted octanol–water partition coefficient (Wildman–Crippen LogP) is 1.31. The summed E-state index contributed by atoms with van der Waals surface area (Å²) in [6.45, 7) is 1.80. The number of esters is 1. The van der Waals surface area contributed by atoms with Crippen molar-refractivity contribution in [3.05, 3.63) is 51.9 Å². The van der Waals surface area contributed by atoms with Crippen LogP contribution in [0, 0.1) is 6.92 Å². The standard InChI is InChI=1S/C13H13N3O3S/c1-9-12(18)14-13(16-15-9)20-8-11(17)19-7-10-5-3-2-4-6-10/h2-6H,7-8H2,1H3,(H,14,16,18). The monoisotopic (exact) mass is 291 g/mol. The van der Waals surface area contributed by atoms with E-state index < -0.39 is 0 Å². The van der Waals surface area contributed by atoms with Gasteiger partial charge in [-0.3, -0.25) is 14.6 Å². The summed E-state index contributed by atoms with van der Waals surface area (Å²) in [5, 5.41) is 7.77. The summed E-state index contributed by atoms with van der Waals surface area (Å²) in [5.41, 5.74) is 0.913. The number of aryl methyl sites for hydroxylation is 1. The second-order valence-corrected chi connectivity index (χ2v) is 4.94. The molecule has 0 amide bonds. The van der Waals surface area contributed by atoms with Crippen molar-refractivity contribution in [2.45, 2.75) is 18.7 Å². The molecule has 0 aliphatic carbocycles. The fraction of sp³-hybridized carbons (Fsp3) is 0.231. The Morgan fingerprint density at radius 2 is 2.05 bits per heavy atom. The van der Waals surface area contributed by atoms with E-state index in [1.165, 1.54) is 0 Å². The van der Waals surface area contributed by atoms with Crippen LogP contribution in [0.1, 0.15) is 11.3 Å². The van der Waals surface area contributed by atoms with Crippen molar-refractivity contribution in [1.29, 1.82) is 0 Å². The van der Waals surface area contributed by atoms with Crippen molar-refractivity contribution < 1.29 is 9.53 Å². The Morgan fingerprint density at radius 3 is 2.75 bits per heavy atom. The van der Waals surface area contributed by atoms with Gasteiger partial charge in [-0.25, -0.2) is 0 Å². The zero-order chi connectivity index (χ0) is 14.4. The molecule has 0 unspecified atom stereocenters. The smallest absolute Gasteiger partial charge is 0.316 e. The van der Waals surface area contributed by atoms with Crippen LogP contribution in [0.15, 0.2) is 40.3 Å². The highest BCUT2D eigenvalue weighted by Crippen LogP contribution is 2.10. The van der Waals surface area contributed by atoms with Crippen LogP contribution in [0.4, 0.5) is 0 Å². The lowest BCUT2D eigenvalue weighted by molar-refractivity contribution is -0.141. The Kier molecular flexibility index (Phi) is 4.89. The number of rotatable bonds is 5. The van der Waals surface area contributed by atoms with Crippen LogP contribution in [-0.2, 0) is 16.1 Å². The molecule has 2 rings (SSSR count). The third-order valence-electron chi connectivity index (χ3n) is 2.41. The van der Waals surface area contributed by atoms with Crippen LogP contribution in [-0.4, -0.2) is 26.9 Å². The molecule has 0 fully saturated rings. The fourth-order valence-electron chi connectivity index (χ4n) is 1.35. The molecule has 1 N–H and O–H groups in total. The highest BCUT2D eigenvalue weighted by molar-refractivity contribution is 7.99. The van der Waals surface area contributed by atoms with Crippen LogP contribution in [0.5, 0.6) is 0 Å². The van der Waals surface area contributed by atoms with Gasteiger partial charge in [0.25, 0.3) is 5.56 Å². The lowest BCUT2D eigenvalue weighted by atomic mass is 10.2. The molecule has 0 atom stereocenters. The quantitative estimate of drug-likeness (QED) is 0.660. The first-order valence-electron chi connectivity index (χ1n) is 5.91. The largest absolute Gasteiger partial charge is 0.460 e. The van der Waals surface area contributed by atoms with Gasteiger partial charge in [0, 0.05) is 0 Å². The molecule has 0 aliphatic heterocycles. The van der Waals surface area contributed by atoms with Gasteiger partial charge >= 0.3 is 5.97 Å². The summed E-state index contributed by atoms with van der Waals surface area (Å²) < 4.78 is 5.10. The van der Waals surface area contributed by atoms with E-state index in [0.29, 0.717) is 10.9 Å². The molecule has 104 valence electrons. The number of nitrogens with zero attached hydrogens (tertiary/aromatic N) is 2. The van der Waals surface area contributed by atoms with E-state index in [9.17, 15) is 9.59 Å². The maximum Gasteiger partial charge on any atom is 0.316 e. The molecule has 0 bridgehead atoms. The summed E-state index contributed by atoms with van der Waals surface area (Å²) in [4.78, 5) is 25.4. The number of ether oxygens (including phenoxy) is 1. The number of H-pyrrole nitrogens is 1. The third-order valence-corrected chi connectivity index (χ3v) is 3.25. The average molecular weight is 291 g/mol. The molecule has 0 spiro atoms. The number of aromatic nitrogens is 3. The molecular weight excluding hydrogens is 278 g/mol. The summed E-state index contributed by atoms with van der Waals surface area (Å²) in [6, 6.07) is 9.41. The Balaban J connectivity index is 1.80. The minimum absolute atomic E-state index is 0.0700. The summed E-state index contributed by atoms with van der Waals surface area (Å²) in [5.74, 6) is -0.303. The second kappa shape index (κ2) is 6.85. The lowest BCUT2D eigenvalue weighted by Crippen LogP contribution is -2.15. The van der Waals surface area contributed by atoms with E-state index in [2.05, 4.69) is 15.2 Å². The van der Waals surface area contributed by atoms with E-state index in [1.807, 2.05) is 30.3 Å². The van der Waals surface area contributed by atoms with Gasteiger partial charge in [-0.15, -0.1) is 10.2 Å². The number of aromatic amines is 1. The SMILES string of the molecule is Cc1nnc(SCC(=O)OCc2ccccc2)[nH]c1=O. The zero-order valence-corrected chi connectivity index (χ0v) is 11.6. The topological polar surface area (TPSA) is 84.9 Å². The van der Waals surface area contributed by atoms with Gasteiger partial charge in [-0.05, 0) is 12.5 Å². The number of carbonyl (C=O) groups excluding carboxylic acids is 1. The first-order valence-corrected chi connectivity index (χ1v) is 6.89. The first kappa shape index (κ1) is 14.3. The molecule has 6 nitrogen and oxygen atoms in total. The number of thioether (sulfide) groups is 1. The van der Waals surface area contributed by atoms with Gasteiger partial charge in [0.1, 0.15) is 12.3 Å². The highest BCUT2D eigenvalue weighted by Gasteiger charge is 2.07. The summed E-state index contributed by atoms with van der Waals surface area (Å²) >= 11 is 1.08. The Hall–Kier alpha value is -2.15. The van der Waals surface area contributed by atoms with Crippen LogP contribution in [0.2, 0.25) is 0 Å². The average Bonchev–Trinajstić information content (AvgIpc) is 2.47. The van der Waals surface area contributed by atoms with E-state index >= 15 is 0 Å². The van der Waals surface area contributed by atoms with Crippen LogP contribution >= 0.6 is 11.8 Å². The number of hydrogen-bond donors (Lipinski definition) is 1. The Bertz CT molecular complexity index is 643. The van der Waals surface area contributed by atoms with Gasteiger partial charge in [-0.2, -0.15) is 0 Å². The van der Waals surface area contributed by atoms with Crippen LogP contribution in [0.3, 0.4) is 0 Å². The van der Waals surface area contributed by atoms with Crippen LogP contribution < -0.4 is 5.56 Å². The van der Waals surface area contributed by atoms with Crippen molar-refractivity contribution in [2.24, 2.45) is 0 Å². The predicted molar refractivity (Wildman–Crippen MR) is 74.4 cm³/mol. The van der Waals surface area contributed by atoms with Gasteiger partial charge in [0.05, 0.1) is 5.75 Å². The van der Waals surface area contributed by atoms with E-state index in [0.717, 1.165) is 17.3 Å². The van der Waals surface area contributed by atoms with E-state index in [-0.39, 0.29) is 23.9 Å². The minimum Gasteiger partial charge on any atom is -0.460 e. The number of nitrogens with one attached hydrogen (secondary N) is 1. The highest BCUT2D eigenvalue weighted by atomic mass is 32.2.